The number of benzene rings is 2. The highest BCUT2D eigenvalue weighted by Gasteiger charge is 2.18. The topological polar surface area (TPSA) is 26.3 Å². The summed E-state index contributed by atoms with van der Waals surface area (Å²) in [7, 11) is 1.39. The first-order valence-electron chi connectivity index (χ1n) is 8.26. The third kappa shape index (κ3) is 4.84. The van der Waals surface area contributed by atoms with Gasteiger partial charge in [0.1, 0.15) is 0 Å². The molecule has 4 heteroatoms. The molecule has 3 rings (SSSR count). The van der Waals surface area contributed by atoms with Gasteiger partial charge in [0.25, 0.3) is 0 Å². The van der Waals surface area contributed by atoms with Gasteiger partial charge in [0, 0.05) is 12.0 Å². The number of thioether (sulfide) groups is 2. The molecule has 0 radical (unpaired) electrons. The van der Waals surface area contributed by atoms with E-state index in [9.17, 15) is 4.79 Å². The van der Waals surface area contributed by atoms with E-state index in [0.29, 0.717) is 10.1 Å². The Hall–Kier alpha value is -1.83. The number of ether oxygens (including phenoxy) is 1. The van der Waals surface area contributed by atoms with Crippen molar-refractivity contribution < 1.29 is 9.53 Å². The Balaban J connectivity index is 1.70. The zero-order chi connectivity index (χ0) is 17.5. The molecule has 0 amide bonds. The summed E-state index contributed by atoms with van der Waals surface area (Å²) in [5.74, 6) is 8.62. The average Bonchev–Trinajstić information content (AvgIpc) is 2.69. The van der Waals surface area contributed by atoms with Crippen molar-refractivity contribution in [3.63, 3.8) is 0 Å². The van der Waals surface area contributed by atoms with Crippen LogP contribution in [-0.4, -0.2) is 24.6 Å². The molecule has 0 bridgehead atoms. The Kier molecular flexibility index (Phi) is 6.49. The quantitative estimate of drug-likeness (QED) is 0.566. The molecule has 1 heterocycles. The molecule has 1 saturated heterocycles. The van der Waals surface area contributed by atoms with Gasteiger partial charge in [-0.05, 0) is 53.3 Å². The molecule has 2 aromatic carbocycles. The minimum atomic E-state index is -0.323. The van der Waals surface area contributed by atoms with Gasteiger partial charge in [-0.3, -0.25) is 0 Å². The largest absolute Gasteiger partial charge is 0.465 e. The van der Waals surface area contributed by atoms with Crippen molar-refractivity contribution in [3.05, 3.63) is 70.8 Å². The van der Waals surface area contributed by atoms with Crippen LogP contribution < -0.4 is 0 Å². The first-order chi connectivity index (χ1) is 12.3. The Morgan fingerprint density at radius 2 is 1.84 bits per heavy atom. The maximum atomic E-state index is 11.4. The van der Waals surface area contributed by atoms with Crippen molar-refractivity contribution >= 4 is 29.5 Å². The Bertz CT molecular complexity index is 782. The molecule has 2 nitrogen and oxygen atoms in total. The lowest BCUT2D eigenvalue weighted by molar-refractivity contribution is 0.0600. The molecule has 1 aliphatic rings. The number of methoxy groups -OCH3 is 1. The highest BCUT2D eigenvalue weighted by atomic mass is 32.2. The number of hydrogen-bond donors (Lipinski definition) is 0. The van der Waals surface area contributed by atoms with Gasteiger partial charge in [0.05, 0.1) is 17.3 Å². The van der Waals surface area contributed by atoms with E-state index < -0.39 is 0 Å². The molecule has 0 spiro atoms. The van der Waals surface area contributed by atoms with E-state index in [2.05, 4.69) is 36.1 Å². The van der Waals surface area contributed by atoms with Crippen LogP contribution in [0.25, 0.3) is 0 Å². The van der Waals surface area contributed by atoms with Crippen molar-refractivity contribution in [2.24, 2.45) is 0 Å². The van der Waals surface area contributed by atoms with Crippen molar-refractivity contribution in [2.45, 2.75) is 17.4 Å². The molecule has 1 fully saturated rings. The van der Waals surface area contributed by atoms with Crippen LogP contribution in [0.5, 0.6) is 0 Å². The lowest BCUT2D eigenvalue weighted by Gasteiger charge is -2.23. The van der Waals surface area contributed by atoms with E-state index in [1.54, 1.807) is 12.1 Å². The molecule has 0 N–H and O–H groups in total. The second-order valence-corrected chi connectivity index (χ2v) is 8.40. The lowest BCUT2D eigenvalue weighted by atomic mass is 10.1. The van der Waals surface area contributed by atoms with Crippen LogP contribution in [0.15, 0.2) is 48.5 Å². The molecule has 0 aliphatic carbocycles. The van der Waals surface area contributed by atoms with E-state index in [-0.39, 0.29) is 5.97 Å². The van der Waals surface area contributed by atoms with Crippen molar-refractivity contribution in [2.75, 3.05) is 18.6 Å². The predicted molar refractivity (Wildman–Crippen MR) is 107 cm³/mol. The number of esters is 1. The van der Waals surface area contributed by atoms with E-state index in [0.717, 1.165) is 12.0 Å². The molecule has 1 aliphatic heterocycles. The van der Waals surface area contributed by atoms with Gasteiger partial charge in [0.15, 0.2) is 0 Å². The molecule has 0 aromatic heterocycles. The van der Waals surface area contributed by atoms with E-state index in [4.69, 9.17) is 4.74 Å². The summed E-state index contributed by atoms with van der Waals surface area (Å²) in [5.41, 5.74) is 4.18. The van der Waals surface area contributed by atoms with E-state index >= 15 is 0 Å². The minimum absolute atomic E-state index is 0.323. The number of hydrogen-bond acceptors (Lipinski definition) is 4. The SMILES string of the molecule is COC(=O)c1ccc(C#CCc2ccccc2C2SCCCS2)cc1. The van der Waals surface area contributed by atoms with Crippen LogP contribution in [0.4, 0.5) is 0 Å². The summed E-state index contributed by atoms with van der Waals surface area (Å²) in [6, 6.07) is 15.8. The zero-order valence-electron chi connectivity index (χ0n) is 14.2. The van der Waals surface area contributed by atoms with Crippen LogP contribution in [0.1, 0.15) is 38.1 Å². The zero-order valence-corrected chi connectivity index (χ0v) is 15.8. The Labute approximate surface area is 157 Å². The van der Waals surface area contributed by atoms with E-state index in [1.165, 1.54) is 36.2 Å². The Morgan fingerprint density at radius 1 is 1.12 bits per heavy atom. The fourth-order valence-corrected chi connectivity index (χ4v) is 5.66. The van der Waals surface area contributed by atoms with E-state index in [1.807, 2.05) is 35.7 Å². The van der Waals surface area contributed by atoms with Gasteiger partial charge < -0.3 is 4.74 Å². The van der Waals surface area contributed by atoms with Crippen molar-refractivity contribution in [3.8, 4) is 11.8 Å². The van der Waals surface area contributed by atoms with Gasteiger partial charge in [-0.2, -0.15) is 0 Å². The van der Waals surface area contributed by atoms with Crippen LogP contribution in [-0.2, 0) is 11.2 Å². The summed E-state index contributed by atoms with van der Waals surface area (Å²) < 4.78 is 5.24. The second kappa shape index (κ2) is 9.03. The Morgan fingerprint density at radius 3 is 2.56 bits per heavy atom. The lowest BCUT2D eigenvalue weighted by Crippen LogP contribution is -2.03. The molecule has 0 atom stereocenters. The summed E-state index contributed by atoms with van der Waals surface area (Å²) >= 11 is 4.08. The standard InChI is InChI=1S/C21H20O2S2/c1-23-20(22)18-12-10-16(11-13-18)6-4-8-17-7-2-3-9-19(17)21-24-14-5-15-25-21/h2-3,7,9-13,21H,5,8,14-15H2,1H3. The van der Waals surface area contributed by atoms with Crippen LogP contribution >= 0.6 is 23.5 Å². The van der Waals surface area contributed by atoms with Gasteiger partial charge in [0.2, 0.25) is 0 Å². The highest BCUT2D eigenvalue weighted by molar-refractivity contribution is 8.16. The fraction of sp³-hybridized carbons (Fsp3) is 0.286. The summed E-state index contributed by atoms with van der Waals surface area (Å²) in [4.78, 5) is 11.4. The third-order valence-electron chi connectivity index (χ3n) is 3.95. The molecule has 0 unspecified atom stereocenters. The fourth-order valence-electron chi connectivity index (χ4n) is 2.64. The smallest absolute Gasteiger partial charge is 0.337 e. The first-order valence-corrected chi connectivity index (χ1v) is 10.4. The maximum Gasteiger partial charge on any atom is 0.337 e. The summed E-state index contributed by atoms with van der Waals surface area (Å²) in [5, 5.41) is 0. The third-order valence-corrected chi connectivity index (χ3v) is 6.93. The molecular formula is C21H20O2S2. The molecular weight excluding hydrogens is 348 g/mol. The molecule has 25 heavy (non-hydrogen) atoms. The normalized spacial score (nSPS) is 14.4. The minimum Gasteiger partial charge on any atom is -0.465 e. The monoisotopic (exact) mass is 368 g/mol. The van der Waals surface area contributed by atoms with Crippen molar-refractivity contribution in [1.82, 2.24) is 0 Å². The predicted octanol–water partition coefficient (Wildman–Crippen LogP) is 4.94. The molecule has 128 valence electrons. The molecule has 2 aromatic rings. The first kappa shape index (κ1) is 18.0. The van der Waals surface area contributed by atoms with Gasteiger partial charge in [-0.1, -0.05) is 36.1 Å². The van der Waals surface area contributed by atoms with Gasteiger partial charge in [-0.15, -0.1) is 23.5 Å². The number of carbonyl (C=O) groups excluding carboxylic acids is 1. The summed E-state index contributed by atoms with van der Waals surface area (Å²) in [6.45, 7) is 0. The maximum absolute atomic E-state index is 11.4. The highest BCUT2D eigenvalue weighted by Crippen LogP contribution is 2.44. The van der Waals surface area contributed by atoms with Crippen LogP contribution in [0.2, 0.25) is 0 Å². The number of rotatable bonds is 3. The molecule has 0 saturated carbocycles. The second-order valence-electron chi connectivity index (χ2n) is 5.67. The number of carbonyl (C=O) groups is 1. The van der Waals surface area contributed by atoms with Gasteiger partial charge >= 0.3 is 5.97 Å². The van der Waals surface area contributed by atoms with Crippen LogP contribution in [0.3, 0.4) is 0 Å². The van der Waals surface area contributed by atoms with Crippen molar-refractivity contribution in [1.29, 1.82) is 0 Å². The van der Waals surface area contributed by atoms with Gasteiger partial charge in [-0.25, -0.2) is 4.79 Å². The summed E-state index contributed by atoms with van der Waals surface area (Å²) in [6.07, 6.45) is 2.04. The van der Waals surface area contributed by atoms with Crippen LogP contribution in [0, 0.1) is 11.8 Å². The average molecular weight is 369 g/mol.